The lowest BCUT2D eigenvalue weighted by molar-refractivity contribution is 0.0323. The second-order valence-electron chi connectivity index (χ2n) is 6.40. The first-order chi connectivity index (χ1) is 10.3. The third kappa shape index (κ3) is 3.98. The van der Waals surface area contributed by atoms with Crippen molar-refractivity contribution in [3.63, 3.8) is 0 Å². The van der Waals surface area contributed by atoms with Crippen LogP contribution < -0.4 is 10.2 Å². The lowest BCUT2D eigenvalue weighted by Crippen LogP contribution is -2.34. The second kappa shape index (κ2) is 7.28. The predicted molar refractivity (Wildman–Crippen MR) is 88.2 cm³/mol. The van der Waals surface area contributed by atoms with Crippen molar-refractivity contribution in [3.8, 4) is 0 Å². The van der Waals surface area contributed by atoms with Gasteiger partial charge in [0.05, 0.1) is 6.10 Å². The van der Waals surface area contributed by atoms with E-state index in [-0.39, 0.29) is 0 Å². The Morgan fingerprint density at radius 1 is 1.29 bits per heavy atom. The third-order valence-corrected chi connectivity index (χ3v) is 4.66. The molecule has 0 bridgehead atoms. The molecule has 0 amide bonds. The van der Waals surface area contributed by atoms with Crippen molar-refractivity contribution in [3.05, 3.63) is 29.3 Å². The van der Waals surface area contributed by atoms with Crippen molar-refractivity contribution in [2.45, 2.75) is 45.1 Å². The molecule has 0 aromatic heterocycles. The molecule has 1 fully saturated rings. The maximum absolute atomic E-state index is 6.01. The van der Waals surface area contributed by atoms with Gasteiger partial charge in [0, 0.05) is 25.4 Å². The molecular formula is C18H28N2O. The summed E-state index contributed by atoms with van der Waals surface area (Å²) in [6.07, 6.45) is 6.49. The van der Waals surface area contributed by atoms with Gasteiger partial charge in [0.1, 0.15) is 0 Å². The van der Waals surface area contributed by atoms with Gasteiger partial charge in [0.15, 0.2) is 0 Å². The zero-order valence-electron chi connectivity index (χ0n) is 13.2. The number of nitrogens with zero attached hydrogens (tertiary/aromatic N) is 1. The number of piperidine rings is 1. The fourth-order valence-corrected chi connectivity index (χ4v) is 3.50. The number of rotatable bonds is 5. The highest BCUT2D eigenvalue weighted by molar-refractivity contribution is 5.56. The van der Waals surface area contributed by atoms with Gasteiger partial charge in [-0.25, -0.2) is 0 Å². The summed E-state index contributed by atoms with van der Waals surface area (Å²) in [6, 6.07) is 6.90. The van der Waals surface area contributed by atoms with Gasteiger partial charge >= 0.3 is 0 Å². The van der Waals surface area contributed by atoms with Crippen molar-refractivity contribution in [1.82, 2.24) is 5.32 Å². The van der Waals surface area contributed by atoms with E-state index in [1.807, 2.05) is 0 Å². The summed E-state index contributed by atoms with van der Waals surface area (Å²) in [4.78, 5) is 2.55. The van der Waals surface area contributed by atoms with Crippen molar-refractivity contribution in [2.24, 2.45) is 0 Å². The normalized spacial score (nSPS) is 19.6. The largest absolute Gasteiger partial charge is 0.378 e. The van der Waals surface area contributed by atoms with Crippen molar-refractivity contribution >= 4 is 5.69 Å². The van der Waals surface area contributed by atoms with E-state index in [1.54, 1.807) is 0 Å². The smallest absolute Gasteiger partial charge is 0.0599 e. The molecule has 1 saturated heterocycles. The Hall–Kier alpha value is -1.06. The molecule has 1 N–H and O–H groups in total. The van der Waals surface area contributed by atoms with E-state index >= 15 is 0 Å². The average Bonchev–Trinajstić information content (AvgIpc) is 2.52. The Labute approximate surface area is 128 Å². The zero-order valence-corrected chi connectivity index (χ0v) is 13.2. The molecule has 2 heterocycles. The van der Waals surface area contributed by atoms with Gasteiger partial charge in [-0.1, -0.05) is 17.7 Å². The van der Waals surface area contributed by atoms with Gasteiger partial charge in [-0.3, -0.25) is 0 Å². The van der Waals surface area contributed by atoms with E-state index in [9.17, 15) is 0 Å². The number of anilines is 1. The topological polar surface area (TPSA) is 24.5 Å². The minimum atomic E-state index is 0.488. The lowest BCUT2D eigenvalue weighted by Gasteiger charge is -2.32. The number of fused-ring (bicyclic) bond motifs is 1. The predicted octanol–water partition coefficient (Wildman–Crippen LogP) is 2.91. The lowest BCUT2D eigenvalue weighted by atomic mass is 9.99. The molecule has 2 aliphatic heterocycles. The molecule has 0 unspecified atom stereocenters. The van der Waals surface area contributed by atoms with E-state index < -0.39 is 0 Å². The number of hydrogen-bond donors (Lipinski definition) is 1. The van der Waals surface area contributed by atoms with Crippen LogP contribution in [0.25, 0.3) is 0 Å². The van der Waals surface area contributed by atoms with E-state index in [4.69, 9.17) is 4.74 Å². The Bertz CT molecular complexity index is 455. The van der Waals surface area contributed by atoms with Crippen molar-refractivity contribution < 1.29 is 4.74 Å². The number of benzene rings is 1. The zero-order chi connectivity index (χ0) is 14.5. The van der Waals surface area contributed by atoms with Crippen LogP contribution in [0.15, 0.2) is 18.2 Å². The standard InChI is InChI=1S/C18H28N2O/c1-15-5-6-18-16(14-15)4-2-11-20(18)12-3-13-21-17-7-9-19-10-8-17/h5-6,14,17,19H,2-4,7-13H2,1H3. The van der Waals surface area contributed by atoms with Crippen LogP contribution in [0.5, 0.6) is 0 Å². The van der Waals surface area contributed by atoms with Gasteiger partial charge in [0.25, 0.3) is 0 Å². The Morgan fingerprint density at radius 3 is 3.00 bits per heavy atom. The molecular weight excluding hydrogens is 260 g/mol. The third-order valence-electron chi connectivity index (χ3n) is 4.66. The van der Waals surface area contributed by atoms with Crippen molar-refractivity contribution in [1.29, 1.82) is 0 Å². The molecule has 1 aromatic rings. The summed E-state index contributed by atoms with van der Waals surface area (Å²) in [6.45, 7) is 7.64. The molecule has 3 heteroatoms. The van der Waals surface area contributed by atoms with Crippen LogP contribution in [-0.2, 0) is 11.2 Å². The minimum Gasteiger partial charge on any atom is -0.378 e. The van der Waals surface area contributed by atoms with Crippen LogP contribution in [0.2, 0.25) is 0 Å². The summed E-state index contributed by atoms with van der Waals surface area (Å²) < 4.78 is 6.01. The SMILES string of the molecule is Cc1ccc2c(c1)CCCN2CCCOC1CCNCC1. The van der Waals surface area contributed by atoms with Crippen LogP contribution in [0.3, 0.4) is 0 Å². The summed E-state index contributed by atoms with van der Waals surface area (Å²) in [5, 5.41) is 3.38. The number of aryl methyl sites for hydroxylation is 2. The summed E-state index contributed by atoms with van der Waals surface area (Å²) in [7, 11) is 0. The van der Waals surface area contributed by atoms with Crippen molar-refractivity contribution in [2.75, 3.05) is 37.7 Å². The Balaban J connectivity index is 1.46. The minimum absolute atomic E-state index is 0.488. The summed E-state index contributed by atoms with van der Waals surface area (Å²) >= 11 is 0. The maximum Gasteiger partial charge on any atom is 0.0599 e. The fourth-order valence-electron chi connectivity index (χ4n) is 3.50. The molecule has 0 radical (unpaired) electrons. The number of hydrogen-bond acceptors (Lipinski definition) is 3. The molecule has 3 rings (SSSR count). The fraction of sp³-hybridized carbons (Fsp3) is 0.667. The van der Waals surface area contributed by atoms with Crippen LogP contribution in [0.4, 0.5) is 5.69 Å². The molecule has 0 atom stereocenters. The monoisotopic (exact) mass is 288 g/mol. The van der Waals surface area contributed by atoms with E-state index in [2.05, 4.69) is 35.3 Å². The van der Waals surface area contributed by atoms with Crippen LogP contribution >= 0.6 is 0 Å². The number of nitrogens with one attached hydrogen (secondary N) is 1. The van der Waals surface area contributed by atoms with Gasteiger partial charge in [-0.15, -0.1) is 0 Å². The molecule has 0 saturated carbocycles. The molecule has 1 aromatic carbocycles. The molecule has 3 nitrogen and oxygen atoms in total. The quantitative estimate of drug-likeness (QED) is 0.843. The molecule has 116 valence electrons. The first-order valence-corrected chi connectivity index (χ1v) is 8.50. The summed E-state index contributed by atoms with van der Waals surface area (Å²) in [5.74, 6) is 0. The van der Waals surface area contributed by atoms with E-state index in [1.165, 1.54) is 49.0 Å². The number of ether oxygens (including phenoxy) is 1. The highest BCUT2D eigenvalue weighted by atomic mass is 16.5. The average molecular weight is 288 g/mol. The van der Waals surface area contributed by atoms with Crippen LogP contribution in [0.1, 0.15) is 36.8 Å². The highest BCUT2D eigenvalue weighted by Crippen LogP contribution is 2.27. The molecule has 2 aliphatic rings. The van der Waals surface area contributed by atoms with Gasteiger partial charge in [-0.2, -0.15) is 0 Å². The maximum atomic E-state index is 6.01. The van der Waals surface area contributed by atoms with Gasteiger partial charge in [-0.05, 0) is 63.7 Å². The molecule has 21 heavy (non-hydrogen) atoms. The van der Waals surface area contributed by atoms with Gasteiger partial charge in [0.2, 0.25) is 0 Å². The first-order valence-electron chi connectivity index (χ1n) is 8.50. The Kier molecular flexibility index (Phi) is 5.15. The van der Waals surface area contributed by atoms with Crippen LogP contribution in [-0.4, -0.2) is 38.9 Å². The van der Waals surface area contributed by atoms with Gasteiger partial charge < -0.3 is 15.0 Å². The highest BCUT2D eigenvalue weighted by Gasteiger charge is 2.17. The molecule has 0 spiro atoms. The first kappa shape index (κ1) is 14.9. The Morgan fingerprint density at radius 2 is 2.14 bits per heavy atom. The summed E-state index contributed by atoms with van der Waals surface area (Å²) in [5.41, 5.74) is 4.36. The van der Waals surface area contributed by atoms with E-state index in [0.717, 1.165) is 32.7 Å². The molecule has 0 aliphatic carbocycles. The van der Waals surface area contributed by atoms with E-state index in [0.29, 0.717) is 6.10 Å². The second-order valence-corrected chi connectivity index (χ2v) is 6.40. The van der Waals surface area contributed by atoms with Crippen LogP contribution in [0, 0.1) is 6.92 Å².